The highest BCUT2D eigenvalue weighted by Gasteiger charge is 2.22. The van der Waals surface area contributed by atoms with Crippen molar-refractivity contribution in [2.75, 3.05) is 7.11 Å². The minimum Gasteiger partial charge on any atom is -0.465 e. The second-order valence-electron chi connectivity index (χ2n) is 3.94. The number of hydrogen-bond acceptors (Lipinski definition) is 3. The number of methoxy groups -OCH3 is 1. The molecular formula is C12H15NO3. The zero-order chi connectivity index (χ0) is 11.7. The molecule has 0 unspecified atom stereocenters. The Morgan fingerprint density at radius 1 is 1.56 bits per heavy atom. The van der Waals surface area contributed by atoms with Crippen LogP contribution in [0.3, 0.4) is 0 Å². The maximum absolute atomic E-state index is 12.0. The largest absolute Gasteiger partial charge is 0.465 e. The third-order valence-corrected chi connectivity index (χ3v) is 3.06. The maximum atomic E-state index is 12.0. The molecule has 1 aromatic rings. The Bertz CT molecular complexity index is 488. The second kappa shape index (κ2) is 4.12. The van der Waals surface area contributed by atoms with E-state index in [0.717, 1.165) is 18.5 Å². The zero-order valence-corrected chi connectivity index (χ0v) is 9.58. The van der Waals surface area contributed by atoms with Gasteiger partial charge in [-0.05, 0) is 25.3 Å². The molecule has 0 N–H and O–H groups in total. The number of esters is 1. The van der Waals surface area contributed by atoms with Gasteiger partial charge in [-0.2, -0.15) is 0 Å². The van der Waals surface area contributed by atoms with Gasteiger partial charge in [-0.3, -0.25) is 4.79 Å². The molecule has 4 heteroatoms. The van der Waals surface area contributed by atoms with Gasteiger partial charge in [0.25, 0.3) is 5.56 Å². The van der Waals surface area contributed by atoms with E-state index in [2.05, 4.69) is 0 Å². The lowest BCUT2D eigenvalue weighted by atomic mass is 10.1. The van der Waals surface area contributed by atoms with Crippen molar-refractivity contribution in [1.29, 1.82) is 0 Å². The fourth-order valence-electron chi connectivity index (χ4n) is 2.21. The highest BCUT2D eigenvalue weighted by atomic mass is 16.5. The number of ether oxygens (including phenoxy) is 1. The summed E-state index contributed by atoms with van der Waals surface area (Å²) >= 11 is 0. The molecule has 0 fully saturated rings. The lowest BCUT2D eigenvalue weighted by molar-refractivity contribution is 0.0598. The molecule has 0 radical (unpaired) electrons. The Morgan fingerprint density at radius 2 is 2.31 bits per heavy atom. The smallest absolute Gasteiger partial charge is 0.339 e. The number of aryl methyl sites for hydroxylation is 1. The fourth-order valence-corrected chi connectivity index (χ4v) is 2.21. The van der Waals surface area contributed by atoms with Crippen LogP contribution in [0, 0.1) is 0 Å². The van der Waals surface area contributed by atoms with E-state index < -0.39 is 0 Å². The lowest BCUT2D eigenvalue weighted by Crippen LogP contribution is -2.25. The van der Waals surface area contributed by atoms with Crippen LogP contribution in [0.5, 0.6) is 0 Å². The van der Waals surface area contributed by atoms with Crippen LogP contribution in [0.1, 0.15) is 35.0 Å². The molecule has 2 rings (SSSR count). The SMILES string of the molecule is CCc1cc(C(=O)OC)c2n(c1=O)CCC2. The number of hydrogen-bond donors (Lipinski definition) is 0. The summed E-state index contributed by atoms with van der Waals surface area (Å²) in [5.41, 5.74) is 2.11. The molecule has 0 bridgehead atoms. The average Bonchev–Trinajstić information content (AvgIpc) is 2.78. The Hall–Kier alpha value is -1.58. The van der Waals surface area contributed by atoms with E-state index in [-0.39, 0.29) is 11.5 Å². The van der Waals surface area contributed by atoms with Gasteiger partial charge in [0.2, 0.25) is 0 Å². The number of carbonyl (C=O) groups excluding carboxylic acids is 1. The maximum Gasteiger partial charge on any atom is 0.339 e. The number of pyridine rings is 1. The van der Waals surface area contributed by atoms with Gasteiger partial charge >= 0.3 is 5.97 Å². The van der Waals surface area contributed by atoms with Crippen LogP contribution in [0.2, 0.25) is 0 Å². The number of carbonyl (C=O) groups is 1. The second-order valence-corrected chi connectivity index (χ2v) is 3.94. The van der Waals surface area contributed by atoms with E-state index in [1.165, 1.54) is 7.11 Å². The standard InChI is InChI=1S/C12H15NO3/c1-3-8-7-9(12(15)16-2)10-5-4-6-13(10)11(8)14/h7H,3-6H2,1-2H3. The van der Waals surface area contributed by atoms with Crippen molar-refractivity contribution in [3.05, 3.63) is 33.2 Å². The van der Waals surface area contributed by atoms with Crippen molar-refractivity contribution in [3.8, 4) is 0 Å². The van der Waals surface area contributed by atoms with Crippen molar-refractivity contribution < 1.29 is 9.53 Å². The van der Waals surface area contributed by atoms with Crippen LogP contribution in [0.15, 0.2) is 10.9 Å². The highest BCUT2D eigenvalue weighted by molar-refractivity contribution is 5.90. The average molecular weight is 221 g/mol. The minimum atomic E-state index is -0.347. The minimum absolute atomic E-state index is 0.0441. The summed E-state index contributed by atoms with van der Waals surface area (Å²) in [6.45, 7) is 2.63. The van der Waals surface area contributed by atoms with E-state index in [1.54, 1.807) is 10.6 Å². The van der Waals surface area contributed by atoms with Crippen molar-refractivity contribution in [3.63, 3.8) is 0 Å². The van der Waals surface area contributed by atoms with Gasteiger partial charge < -0.3 is 9.30 Å². The molecule has 0 amide bonds. The summed E-state index contributed by atoms with van der Waals surface area (Å²) < 4.78 is 6.46. The topological polar surface area (TPSA) is 48.3 Å². The van der Waals surface area contributed by atoms with Crippen molar-refractivity contribution >= 4 is 5.97 Å². The molecule has 1 aliphatic rings. The van der Waals surface area contributed by atoms with Crippen LogP contribution in [0.4, 0.5) is 0 Å². The molecule has 0 atom stereocenters. The number of aromatic nitrogens is 1. The number of fused-ring (bicyclic) bond motifs is 1. The molecule has 4 nitrogen and oxygen atoms in total. The monoisotopic (exact) mass is 221 g/mol. The first-order valence-corrected chi connectivity index (χ1v) is 5.53. The van der Waals surface area contributed by atoms with Crippen LogP contribution in [-0.2, 0) is 24.1 Å². The summed E-state index contributed by atoms with van der Waals surface area (Å²) in [6, 6.07) is 1.69. The molecule has 1 aliphatic heterocycles. The van der Waals surface area contributed by atoms with Gasteiger partial charge in [-0.15, -0.1) is 0 Å². The van der Waals surface area contributed by atoms with Gasteiger partial charge in [-0.1, -0.05) is 6.92 Å². The molecule has 0 saturated heterocycles. The molecule has 0 aliphatic carbocycles. The Morgan fingerprint density at radius 3 is 2.94 bits per heavy atom. The van der Waals surface area contributed by atoms with E-state index in [9.17, 15) is 9.59 Å². The zero-order valence-electron chi connectivity index (χ0n) is 9.58. The summed E-state index contributed by atoms with van der Waals surface area (Å²) in [5.74, 6) is -0.347. The quantitative estimate of drug-likeness (QED) is 0.704. The Labute approximate surface area is 93.8 Å². The molecule has 0 spiro atoms. The lowest BCUT2D eigenvalue weighted by Gasteiger charge is -2.10. The summed E-state index contributed by atoms with van der Waals surface area (Å²) in [6.07, 6.45) is 2.35. The van der Waals surface area contributed by atoms with E-state index in [0.29, 0.717) is 24.1 Å². The third-order valence-electron chi connectivity index (χ3n) is 3.06. The van der Waals surface area contributed by atoms with Crippen LogP contribution in [0.25, 0.3) is 0 Å². The first-order chi connectivity index (χ1) is 7.69. The predicted octanol–water partition coefficient (Wildman–Crippen LogP) is 1.14. The molecule has 0 saturated carbocycles. The summed E-state index contributed by atoms with van der Waals surface area (Å²) in [4.78, 5) is 23.6. The molecule has 16 heavy (non-hydrogen) atoms. The first-order valence-electron chi connectivity index (χ1n) is 5.53. The van der Waals surface area contributed by atoms with Gasteiger partial charge in [0.1, 0.15) is 0 Å². The predicted molar refractivity (Wildman–Crippen MR) is 59.7 cm³/mol. The van der Waals surface area contributed by atoms with Gasteiger partial charge in [0.05, 0.1) is 12.7 Å². The van der Waals surface area contributed by atoms with E-state index in [4.69, 9.17) is 4.74 Å². The van der Waals surface area contributed by atoms with Gasteiger partial charge in [0.15, 0.2) is 0 Å². The fraction of sp³-hybridized carbons (Fsp3) is 0.500. The number of rotatable bonds is 2. The van der Waals surface area contributed by atoms with Crippen molar-refractivity contribution in [1.82, 2.24) is 4.57 Å². The third kappa shape index (κ3) is 1.54. The van der Waals surface area contributed by atoms with Gasteiger partial charge in [0, 0.05) is 17.8 Å². The highest BCUT2D eigenvalue weighted by Crippen LogP contribution is 2.18. The van der Waals surface area contributed by atoms with Crippen molar-refractivity contribution in [2.24, 2.45) is 0 Å². The summed E-state index contributed by atoms with van der Waals surface area (Å²) in [7, 11) is 1.37. The van der Waals surface area contributed by atoms with E-state index >= 15 is 0 Å². The molecule has 2 heterocycles. The molecular weight excluding hydrogens is 206 g/mol. The molecule has 0 aromatic carbocycles. The van der Waals surface area contributed by atoms with Crippen LogP contribution >= 0.6 is 0 Å². The Kier molecular flexibility index (Phi) is 2.81. The van der Waals surface area contributed by atoms with Crippen molar-refractivity contribution in [2.45, 2.75) is 32.7 Å². The summed E-state index contributed by atoms with van der Waals surface area (Å²) in [5, 5.41) is 0. The normalized spacial score (nSPS) is 13.6. The molecule has 1 aromatic heterocycles. The van der Waals surface area contributed by atoms with Crippen LogP contribution < -0.4 is 5.56 Å². The molecule has 86 valence electrons. The number of nitrogens with zero attached hydrogens (tertiary/aromatic N) is 1. The Balaban J connectivity index is 2.66. The van der Waals surface area contributed by atoms with Gasteiger partial charge in [-0.25, -0.2) is 4.79 Å². The van der Waals surface area contributed by atoms with Crippen LogP contribution in [-0.4, -0.2) is 17.6 Å². The van der Waals surface area contributed by atoms with E-state index in [1.807, 2.05) is 6.92 Å². The first kappa shape index (κ1) is 10.9.